The van der Waals surface area contributed by atoms with Gasteiger partial charge in [0.25, 0.3) is 5.91 Å². The van der Waals surface area contributed by atoms with Gasteiger partial charge in [-0.3, -0.25) is 9.63 Å². The van der Waals surface area contributed by atoms with Crippen molar-refractivity contribution in [3.8, 4) is 11.1 Å². The maximum atomic E-state index is 12.4. The Morgan fingerprint density at radius 3 is 2.36 bits per heavy atom. The van der Waals surface area contributed by atoms with Crippen LogP contribution in [0.25, 0.3) is 11.1 Å². The third kappa shape index (κ3) is 5.02. The number of nitrogens with one attached hydrogen (secondary N) is 2. The fourth-order valence-electron chi connectivity index (χ4n) is 3.69. The average Bonchev–Trinajstić information content (AvgIpc) is 3.41. The van der Waals surface area contributed by atoms with E-state index in [4.69, 9.17) is 9.84 Å². The highest BCUT2D eigenvalue weighted by Crippen LogP contribution is 2.44. The fourth-order valence-corrected chi connectivity index (χ4v) is 4.49. The summed E-state index contributed by atoms with van der Waals surface area (Å²) in [7, 11) is 0. The van der Waals surface area contributed by atoms with Gasteiger partial charge in [0.2, 0.25) is 0 Å². The van der Waals surface area contributed by atoms with Crippen molar-refractivity contribution >= 4 is 29.3 Å². The molecule has 0 spiro atoms. The van der Waals surface area contributed by atoms with E-state index in [-0.39, 0.29) is 18.2 Å². The predicted octanol–water partition coefficient (Wildman–Crippen LogP) is 3.49. The zero-order chi connectivity index (χ0) is 23.4. The summed E-state index contributed by atoms with van der Waals surface area (Å²) < 4.78 is 5.53. The van der Waals surface area contributed by atoms with Crippen molar-refractivity contribution in [1.82, 2.24) is 15.8 Å². The summed E-state index contributed by atoms with van der Waals surface area (Å²) >= 11 is 1.18. The van der Waals surface area contributed by atoms with E-state index in [2.05, 4.69) is 27.3 Å². The van der Waals surface area contributed by atoms with Gasteiger partial charge in [-0.05, 0) is 29.2 Å². The number of thiazole rings is 1. The van der Waals surface area contributed by atoms with Gasteiger partial charge in [0.1, 0.15) is 17.3 Å². The van der Waals surface area contributed by atoms with Crippen molar-refractivity contribution in [1.29, 1.82) is 0 Å². The van der Waals surface area contributed by atoms with Crippen LogP contribution in [-0.4, -0.2) is 41.3 Å². The number of hydrogen-bond donors (Lipinski definition) is 3. The monoisotopic (exact) mass is 467 g/mol. The van der Waals surface area contributed by atoms with Crippen LogP contribution in [0, 0.1) is 0 Å². The molecule has 9 nitrogen and oxygen atoms in total. The number of carbonyl (C=O) groups is 3. The Hall–Kier alpha value is -3.76. The highest BCUT2D eigenvalue weighted by atomic mass is 32.1. The van der Waals surface area contributed by atoms with Gasteiger partial charge in [-0.2, -0.15) is 0 Å². The maximum Gasteiger partial charge on any atom is 0.407 e. The van der Waals surface area contributed by atoms with Crippen LogP contribution in [0.4, 0.5) is 4.79 Å². The Kier molecular flexibility index (Phi) is 6.66. The van der Waals surface area contributed by atoms with Gasteiger partial charge in [0.15, 0.2) is 6.61 Å². The lowest BCUT2D eigenvalue weighted by Gasteiger charge is -2.16. The zero-order valence-electron chi connectivity index (χ0n) is 17.6. The number of benzene rings is 2. The molecular formula is C23H21N3O6S. The van der Waals surface area contributed by atoms with E-state index in [1.54, 1.807) is 6.92 Å². The third-order valence-corrected chi connectivity index (χ3v) is 6.19. The van der Waals surface area contributed by atoms with E-state index < -0.39 is 30.6 Å². The summed E-state index contributed by atoms with van der Waals surface area (Å²) in [5.41, 5.74) is 6.61. The standard InChI is InChI=1S/C23H21N3O6S/c1-13(22-25-19(12-33-22)21(29)26-32-11-20(27)28)24-23(30)31-10-18-16-8-4-2-6-14(16)15-7-3-5-9-17(15)18/h2-9,12-13,18H,10-11H2,1H3,(H,24,30)(H,26,29)(H,27,28). The first-order valence-electron chi connectivity index (χ1n) is 10.1. The second-order valence-electron chi connectivity index (χ2n) is 7.38. The Morgan fingerprint density at radius 2 is 1.73 bits per heavy atom. The van der Waals surface area contributed by atoms with Crippen molar-refractivity contribution in [2.75, 3.05) is 13.2 Å². The van der Waals surface area contributed by atoms with E-state index in [9.17, 15) is 14.4 Å². The van der Waals surface area contributed by atoms with Crippen LogP contribution in [0.1, 0.15) is 45.5 Å². The van der Waals surface area contributed by atoms with Gasteiger partial charge in [0.05, 0.1) is 6.04 Å². The van der Waals surface area contributed by atoms with Crippen LogP contribution in [0.2, 0.25) is 0 Å². The van der Waals surface area contributed by atoms with Crippen LogP contribution < -0.4 is 10.8 Å². The largest absolute Gasteiger partial charge is 0.479 e. The molecule has 170 valence electrons. The molecule has 3 N–H and O–H groups in total. The van der Waals surface area contributed by atoms with E-state index in [1.807, 2.05) is 41.9 Å². The number of alkyl carbamates (subject to hydrolysis) is 1. The van der Waals surface area contributed by atoms with Crippen LogP contribution >= 0.6 is 11.3 Å². The summed E-state index contributed by atoms with van der Waals surface area (Å²) in [6, 6.07) is 15.7. The average molecular weight is 468 g/mol. The number of ether oxygens (including phenoxy) is 1. The summed E-state index contributed by atoms with van der Waals surface area (Å²) in [4.78, 5) is 43.5. The number of carboxylic acid groups (broad SMARTS) is 1. The van der Waals surface area contributed by atoms with Crippen LogP contribution in [-0.2, 0) is 14.4 Å². The summed E-state index contributed by atoms with van der Waals surface area (Å²) in [6.07, 6.45) is -0.588. The number of carboxylic acids is 1. The molecule has 33 heavy (non-hydrogen) atoms. The number of aliphatic carboxylic acids is 1. The lowest BCUT2D eigenvalue weighted by atomic mass is 9.98. The maximum absolute atomic E-state index is 12.4. The molecule has 3 aromatic rings. The van der Waals surface area contributed by atoms with E-state index in [0.29, 0.717) is 5.01 Å². The number of amides is 2. The van der Waals surface area contributed by atoms with Crippen molar-refractivity contribution in [2.45, 2.75) is 18.9 Å². The van der Waals surface area contributed by atoms with Gasteiger partial charge < -0.3 is 15.2 Å². The molecule has 1 aliphatic rings. The Morgan fingerprint density at radius 1 is 1.09 bits per heavy atom. The van der Waals surface area contributed by atoms with E-state index in [0.717, 1.165) is 22.3 Å². The first-order valence-corrected chi connectivity index (χ1v) is 11.0. The SMILES string of the molecule is CC(NC(=O)OCC1c2ccccc2-c2ccccc21)c1nc(C(=O)NOCC(=O)O)cs1. The minimum absolute atomic E-state index is 0.0422. The minimum atomic E-state index is -1.21. The molecule has 1 heterocycles. The molecule has 1 atom stereocenters. The van der Waals surface area contributed by atoms with Gasteiger partial charge in [-0.25, -0.2) is 20.1 Å². The van der Waals surface area contributed by atoms with Crippen molar-refractivity contribution < 1.29 is 29.1 Å². The molecule has 10 heteroatoms. The summed E-state index contributed by atoms with van der Waals surface area (Å²) in [5, 5.41) is 13.2. The zero-order valence-corrected chi connectivity index (χ0v) is 18.4. The molecule has 0 saturated carbocycles. The number of hydroxylamine groups is 1. The lowest BCUT2D eigenvalue weighted by Crippen LogP contribution is -2.29. The molecular weight excluding hydrogens is 446 g/mol. The van der Waals surface area contributed by atoms with E-state index >= 15 is 0 Å². The molecule has 0 aliphatic heterocycles. The minimum Gasteiger partial charge on any atom is -0.479 e. The number of aromatic nitrogens is 1. The van der Waals surface area contributed by atoms with Crippen LogP contribution in [0.3, 0.4) is 0 Å². The molecule has 1 aromatic heterocycles. The number of hydrogen-bond acceptors (Lipinski definition) is 7. The molecule has 0 radical (unpaired) electrons. The Balaban J connectivity index is 1.33. The highest BCUT2D eigenvalue weighted by Gasteiger charge is 2.29. The molecule has 0 bridgehead atoms. The predicted molar refractivity (Wildman–Crippen MR) is 120 cm³/mol. The summed E-state index contributed by atoms with van der Waals surface area (Å²) in [5.74, 6) is -1.93. The first-order chi connectivity index (χ1) is 15.9. The second kappa shape index (κ2) is 9.80. The van der Waals surface area contributed by atoms with Gasteiger partial charge >= 0.3 is 12.1 Å². The Bertz CT molecular complexity index is 1150. The highest BCUT2D eigenvalue weighted by molar-refractivity contribution is 7.09. The van der Waals surface area contributed by atoms with E-state index in [1.165, 1.54) is 16.7 Å². The van der Waals surface area contributed by atoms with Crippen molar-refractivity contribution in [2.24, 2.45) is 0 Å². The first kappa shape index (κ1) is 22.4. The van der Waals surface area contributed by atoms with Crippen molar-refractivity contribution in [3.63, 3.8) is 0 Å². The topological polar surface area (TPSA) is 127 Å². The summed E-state index contributed by atoms with van der Waals surface area (Å²) in [6.45, 7) is 1.25. The Labute approximate surface area is 193 Å². The van der Waals surface area contributed by atoms with Gasteiger partial charge in [-0.15, -0.1) is 11.3 Å². The molecule has 0 fully saturated rings. The molecule has 0 saturated heterocycles. The van der Waals surface area contributed by atoms with Crippen LogP contribution in [0.15, 0.2) is 53.9 Å². The van der Waals surface area contributed by atoms with Crippen LogP contribution in [0.5, 0.6) is 0 Å². The molecule has 2 aromatic carbocycles. The number of rotatable bonds is 8. The quantitative estimate of drug-likeness (QED) is 0.433. The molecule has 4 rings (SSSR count). The fraction of sp³-hybridized carbons (Fsp3) is 0.217. The number of fused-ring (bicyclic) bond motifs is 3. The number of carbonyl (C=O) groups excluding carboxylic acids is 2. The van der Waals surface area contributed by atoms with Crippen molar-refractivity contribution in [3.05, 3.63) is 75.7 Å². The van der Waals surface area contributed by atoms with Gasteiger partial charge in [0, 0.05) is 11.3 Å². The third-order valence-electron chi connectivity index (χ3n) is 5.16. The van der Waals surface area contributed by atoms with Gasteiger partial charge in [-0.1, -0.05) is 48.5 Å². The molecule has 1 unspecified atom stereocenters. The molecule has 1 aliphatic carbocycles. The molecule has 2 amide bonds. The normalized spacial score (nSPS) is 13.0. The second-order valence-corrected chi connectivity index (χ2v) is 8.27. The number of nitrogens with zero attached hydrogens (tertiary/aromatic N) is 1. The lowest BCUT2D eigenvalue weighted by molar-refractivity contribution is -0.144. The smallest absolute Gasteiger partial charge is 0.407 e.